The first-order chi connectivity index (χ1) is 6.24. The van der Waals surface area contributed by atoms with Crippen LogP contribution in [0.15, 0.2) is 0 Å². The van der Waals surface area contributed by atoms with Gasteiger partial charge in [-0.25, -0.2) is 0 Å². The van der Waals surface area contributed by atoms with Crippen LogP contribution in [0.5, 0.6) is 0 Å². The van der Waals surface area contributed by atoms with E-state index in [0.717, 1.165) is 0 Å². The summed E-state index contributed by atoms with van der Waals surface area (Å²) in [4.78, 5) is 0. The van der Waals surface area contributed by atoms with Gasteiger partial charge in [0.25, 0.3) is 0 Å². The molecule has 0 aliphatic carbocycles. The van der Waals surface area contributed by atoms with Crippen LogP contribution in [-0.4, -0.2) is 30.3 Å². The van der Waals surface area contributed by atoms with Gasteiger partial charge in [-0.1, -0.05) is 0 Å². The minimum atomic E-state index is -0.474. The second kappa shape index (κ2) is 8.75. The molecular weight excluding hydrogens is 192 g/mol. The van der Waals surface area contributed by atoms with E-state index in [1.54, 1.807) is 0 Å². The Hall–Kier alpha value is 0.170. The number of alkyl halides is 1. The lowest BCUT2D eigenvalue weighted by Gasteiger charge is -2.15. The normalized spacial score (nSPS) is 13.6. The molecule has 13 heavy (non-hydrogen) atoms. The standard InChI is InChI=1S/C9H18ClO3/c1-3-12-9(13-4-2)6-5-8(11)7-10/h8,11H,3-7H2,1-2H3/t8-/m1/s1. The molecule has 0 saturated carbocycles. The maximum absolute atomic E-state index is 9.19. The molecular formula is C9H18ClO3. The SMILES string of the molecule is CCO[C](CC[C@@H](O)CCl)OCC. The molecule has 0 aromatic carbocycles. The Morgan fingerprint density at radius 3 is 2.23 bits per heavy atom. The van der Waals surface area contributed by atoms with Gasteiger partial charge in [-0.2, -0.15) is 0 Å². The van der Waals surface area contributed by atoms with E-state index in [-0.39, 0.29) is 5.88 Å². The molecule has 0 amide bonds. The van der Waals surface area contributed by atoms with Crippen molar-refractivity contribution in [2.45, 2.75) is 32.8 Å². The lowest BCUT2D eigenvalue weighted by molar-refractivity contribution is -0.0470. The van der Waals surface area contributed by atoms with E-state index in [0.29, 0.717) is 32.3 Å². The zero-order chi connectivity index (χ0) is 10.1. The largest absolute Gasteiger partial charge is 0.392 e. The molecule has 0 bridgehead atoms. The highest BCUT2D eigenvalue weighted by molar-refractivity contribution is 6.18. The molecule has 0 aromatic heterocycles. The lowest BCUT2D eigenvalue weighted by Crippen LogP contribution is -2.14. The first-order valence-corrected chi connectivity index (χ1v) is 5.13. The predicted octanol–water partition coefficient (Wildman–Crippen LogP) is 1.93. The second-order valence-corrected chi connectivity index (χ2v) is 2.89. The fourth-order valence-electron chi connectivity index (χ4n) is 0.870. The molecule has 0 unspecified atom stereocenters. The number of rotatable bonds is 8. The zero-order valence-corrected chi connectivity index (χ0v) is 9.01. The Morgan fingerprint density at radius 1 is 1.31 bits per heavy atom. The molecule has 0 heterocycles. The molecule has 0 spiro atoms. The van der Waals surface area contributed by atoms with Crippen LogP contribution in [0, 0.1) is 6.29 Å². The van der Waals surface area contributed by atoms with Gasteiger partial charge >= 0.3 is 0 Å². The topological polar surface area (TPSA) is 38.7 Å². The molecule has 4 heteroatoms. The Morgan fingerprint density at radius 2 is 1.85 bits per heavy atom. The summed E-state index contributed by atoms with van der Waals surface area (Å²) < 4.78 is 10.4. The molecule has 79 valence electrons. The van der Waals surface area contributed by atoms with Gasteiger partial charge in [-0.3, -0.25) is 0 Å². The predicted molar refractivity (Wildman–Crippen MR) is 52.5 cm³/mol. The molecule has 0 aromatic rings. The molecule has 0 fully saturated rings. The van der Waals surface area contributed by atoms with E-state index in [2.05, 4.69) is 0 Å². The van der Waals surface area contributed by atoms with Crippen molar-refractivity contribution in [2.75, 3.05) is 19.1 Å². The fourth-order valence-corrected chi connectivity index (χ4v) is 1.02. The average Bonchev–Trinajstić information content (AvgIpc) is 2.14. The molecule has 1 N–H and O–H groups in total. The summed E-state index contributed by atoms with van der Waals surface area (Å²) in [6, 6.07) is 0. The summed E-state index contributed by atoms with van der Waals surface area (Å²) in [5, 5.41) is 9.19. The van der Waals surface area contributed by atoms with Crippen molar-refractivity contribution >= 4 is 11.6 Å². The number of halogens is 1. The van der Waals surface area contributed by atoms with Crippen molar-refractivity contribution in [1.29, 1.82) is 0 Å². The van der Waals surface area contributed by atoms with Crippen LogP contribution in [0.2, 0.25) is 0 Å². The lowest BCUT2D eigenvalue weighted by atomic mass is 10.2. The van der Waals surface area contributed by atoms with Crippen LogP contribution >= 0.6 is 11.6 Å². The highest BCUT2D eigenvalue weighted by Gasteiger charge is 2.12. The van der Waals surface area contributed by atoms with Crippen LogP contribution in [0.1, 0.15) is 26.7 Å². The van der Waals surface area contributed by atoms with Gasteiger partial charge in [0.1, 0.15) is 0 Å². The van der Waals surface area contributed by atoms with Crippen LogP contribution in [0.4, 0.5) is 0 Å². The molecule has 0 aliphatic heterocycles. The monoisotopic (exact) mass is 209 g/mol. The molecule has 3 nitrogen and oxygen atoms in total. The summed E-state index contributed by atoms with van der Waals surface area (Å²) in [6.07, 6.45) is 1.31. The smallest absolute Gasteiger partial charge is 0.223 e. The highest BCUT2D eigenvalue weighted by Crippen LogP contribution is 2.14. The van der Waals surface area contributed by atoms with Gasteiger partial charge in [-0.05, 0) is 20.3 Å². The van der Waals surface area contributed by atoms with Crippen molar-refractivity contribution in [2.24, 2.45) is 0 Å². The van der Waals surface area contributed by atoms with Gasteiger partial charge in [0.05, 0.1) is 6.10 Å². The van der Waals surface area contributed by atoms with E-state index in [1.807, 2.05) is 13.8 Å². The molecule has 1 atom stereocenters. The van der Waals surface area contributed by atoms with Crippen molar-refractivity contribution in [1.82, 2.24) is 0 Å². The number of aliphatic hydroxyl groups is 1. The van der Waals surface area contributed by atoms with Crippen molar-refractivity contribution < 1.29 is 14.6 Å². The maximum atomic E-state index is 9.19. The third kappa shape index (κ3) is 7.26. The Bertz CT molecular complexity index is 105. The fraction of sp³-hybridized carbons (Fsp3) is 0.889. The summed E-state index contributed by atoms with van der Waals surface area (Å²) in [6.45, 7) is 4.98. The maximum Gasteiger partial charge on any atom is 0.223 e. The van der Waals surface area contributed by atoms with Gasteiger partial charge in [0, 0.05) is 25.5 Å². The van der Waals surface area contributed by atoms with E-state index in [9.17, 15) is 5.11 Å². The Balaban J connectivity index is 3.55. The van der Waals surface area contributed by atoms with Crippen molar-refractivity contribution in [3.05, 3.63) is 6.29 Å². The Labute approximate surface area is 85.0 Å². The van der Waals surface area contributed by atoms with Gasteiger partial charge in [0.15, 0.2) is 0 Å². The number of hydrogen-bond donors (Lipinski definition) is 1. The van der Waals surface area contributed by atoms with Crippen molar-refractivity contribution in [3.63, 3.8) is 0 Å². The quantitative estimate of drug-likeness (QED) is 0.621. The third-order valence-corrected chi connectivity index (χ3v) is 1.83. The average molecular weight is 210 g/mol. The Kier molecular flexibility index (Phi) is 8.87. The van der Waals surface area contributed by atoms with Gasteiger partial charge in [-0.15, -0.1) is 11.6 Å². The number of hydrogen-bond acceptors (Lipinski definition) is 3. The summed E-state index contributed by atoms with van der Waals surface area (Å²) >= 11 is 5.45. The number of ether oxygens (including phenoxy) is 2. The van der Waals surface area contributed by atoms with Crippen LogP contribution < -0.4 is 0 Å². The van der Waals surface area contributed by atoms with Crippen LogP contribution in [-0.2, 0) is 9.47 Å². The highest BCUT2D eigenvalue weighted by atomic mass is 35.5. The third-order valence-electron chi connectivity index (χ3n) is 1.47. The molecule has 1 radical (unpaired) electrons. The summed E-state index contributed by atoms with van der Waals surface area (Å²) in [5.74, 6) is 0.255. The van der Waals surface area contributed by atoms with Gasteiger partial charge in [0.2, 0.25) is 6.29 Å². The first-order valence-electron chi connectivity index (χ1n) is 4.60. The van der Waals surface area contributed by atoms with E-state index in [4.69, 9.17) is 21.1 Å². The van der Waals surface area contributed by atoms with E-state index >= 15 is 0 Å². The first kappa shape index (κ1) is 13.2. The molecule has 0 saturated heterocycles. The summed E-state index contributed by atoms with van der Waals surface area (Å²) in [5.41, 5.74) is 0. The zero-order valence-electron chi connectivity index (χ0n) is 8.25. The van der Waals surface area contributed by atoms with E-state index < -0.39 is 6.10 Å². The van der Waals surface area contributed by atoms with E-state index in [1.165, 1.54) is 0 Å². The minimum absolute atomic E-state index is 0.255. The molecule has 0 rings (SSSR count). The molecule has 0 aliphatic rings. The van der Waals surface area contributed by atoms with Crippen LogP contribution in [0.25, 0.3) is 0 Å². The number of aliphatic hydroxyl groups excluding tert-OH is 1. The minimum Gasteiger partial charge on any atom is -0.392 e. The van der Waals surface area contributed by atoms with Gasteiger partial charge < -0.3 is 14.6 Å². The second-order valence-electron chi connectivity index (χ2n) is 2.58. The summed E-state index contributed by atoms with van der Waals surface area (Å²) in [7, 11) is 0. The van der Waals surface area contributed by atoms with Crippen LogP contribution in [0.3, 0.4) is 0 Å². The van der Waals surface area contributed by atoms with Crippen molar-refractivity contribution in [3.8, 4) is 0 Å².